The molecule has 3 rings (SSSR count). The van der Waals surface area contributed by atoms with Crippen LogP contribution in [0.4, 0.5) is 5.82 Å². The molecule has 27 heavy (non-hydrogen) atoms. The van der Waals surface area contributed by atoms with E-state index in [0.29, 0.717) is 5.82 Å². The van der Waals surface area contributed by atoms with Gasteiger partial charge < -0.3 is 14.4 Å². The molecular weight excluding hydrogens is 350 g/mol. The number of ether oxygens (including phenoxy) is 2. The van der Waals surface area contributed by atoms with Gasteiger partial charge in [0.2, 0.25) is 5.78 Å². The first kappa shape index (κ1) is 19.3. The van der Waals surface area contributed by atoms with Crippen LogP contribution in [0.3, 0.4) is 0 Å². The first-order chi connectivity index (χ1) is 12.6. The predicted molar refractivity (Wildman–Crippen MR) is 96.6 cm³/mol. The van der Waals surface area contributed by atoms with E-state index in [1.807, 2.05) is 4.90 Å². The first-order valence-electron chi connectivity index (χ1n) is 9.07. The zero-order chi connectivity index (χ0) is 20.0. The van der Waals surface area contributed by atoms with Crippen molar-refractivity contribution < 1.29 is 23.9 Å². The van der Waals surface area contributed by atoms with Gasteiger partial charge in [0.05, 0.1) is 13.3 Å². The number of methoxy groups -OCH3 is 1. The van der Waals surface area contributed by atoms with Gasteiger partial charge in [0.15, 0.2) is 17.2 Å². The summed E-state index contributed by atoms with van der Waals surface area (Å²) in [5.41, 5.74) is -2.18. The lowest BCUT2D eigenvalue weighted by molar-refractivity contribution is -0.163. The Labute approximate surface area is 158 Å². The van der Waals surface area contributed by atoms with E-state index >= 15 is 0 Å². The monoisotopic (exact) mass is 375 g/mol. The summed E-state index contributed by atoms with van der Waals surface area (Å²) < 4.78 is 10.2. The van der Waals surface area contributed by atoms with E-state index in [4.69, 9.17) is 4.74 Å². The standard InChI is InChI=1S/C19H25N3O5/c1-18(2,3)27-17(25)19(4)10-22(11-7-6-8-11)15-13(14(19)23)21-12(9-20-15)16(24)26-5/h9,11H,6-8,10H2,1-5H3. The molecule has 0 bridgehead atoms. The van der Waals surface area contributed by atoms with Gasteiger partial charge in [-0.3, -0.25) is 9.59 Å². The van der Waals surface area contributed by atoms with Gasteiger partial charge in [-0.25, -0.2) is 14.8 Å². The average Bonchev–Trinajstić information content (AvgIpc) is 2.55. The molecule has 1 aliphatic carbocycles. The van der Waals surface area contributed by atoms with Crippen LogP contribution in [-0.2, 0) is 14.3 Å². The fourth-order valence-corrected chi connectivity index (χ4v) is 3.25. The third kappa shape index (κ3) is 3.40. The summed E-state index contributed by atoms with van der Waals surface area (Å²) in [4.78, 5) is 48.4. The predicted octanol–water partition coefficient (Wildman–Crippen LogP) is 2.17. The van der Waals surface area contributed by atoms with Crippen molar-refractivity contribution in [1.82, 2.24) is 9.97 Å². The van der Waals surface area contributed by atoms with E-state index in [1.54, 1.807) is 27.7 Å². The number of nitrogens with zero attached hydrogens (tertiary/aromatic N) is 3. The second-order valence-electron chi connectivity index (χ2n) is 8.29. The van der Waals surface area contributed by atoms with Crippen LogP contribution < -0.4 is 4.90 Å². The number of Topliss-reactive ketones (excluding diaryl/α,β-unsaturated/α-hetero) is 1. The lowest BCUT2D eigenvalue weighted by Gasteiger charge is -2.45. The van der Waals surface area contributed by atoms with Crippen LogP contribution in [0, 0.1) is 5.41 Å². The number of fused-ring (bicyclic) bond motifs is 1. The Morgan fingerprint density at radius 1 is 1.30 bits per heavy atom. The minimum atomic E-state index is -1.42. The third-order valence-electron chi connectivity index (χ3n) is 4.99. The fourth-order valence-electron chi connectivity index (χ4n) is 3.25. The maximum Gasteiger partial charge on any atom is 0.358 e. The van der Waals surface area contributed by atoms with Crippen molar-refractivity contribution in [2.45, 2.75) is 58.6 Å². The fraction of sp³-hybridized carbons (Fsp3) is 0.632. The minimum Gasteiger partial charge on any atom is -0.464 e. The Kier molecular flexibility index (Phi) is 4.69. The summed E-state index contributed by atoms with van der Waals surface area (Å²) in [6.07, 6.45) is 4.30. The lowest BCUT2D eigenvalue weighted by Crippen LogP contribution is -2.57. The van der Waals surface area contributed by atoms with E-state index in [-0.39, 0.29) is 24.0 Å². The molecule has 8 heteroatoms. The smallest absolute Gasteiger partial charge is 0.358 e. The number of carbonyl (C=O) groups is 3. The van der Waals surface area contributed by atoms with E-state index < -0.39 is 28.7 Å². The van der Waals surface area contributed by atoms with Crippen LogP contribution in [-0.4, -0.2) is 53.0 Å². The molecule has 1 aromatic heterocycles. The van der Waals surface area contributed by atoms with Crippen molar-refractivity contribution in [2.24, 2.45) is 5.41 Å². The van der Waals surface area contributed by atoms with Gasteiger partial charge in [0.25, 0.3) is 0 Å². The zero-order valence-electron chi connectivity index (χ0n) is 16.4. The zero-order valence-corrected chi connectivity index (χ0v) is 16.4. The first-order valence-corrected chi connectivity index (χ1v) is 9.07. The topological polar surface area (TPSA) is 98.7 Å². The van der Waals surface area contributed by atoms with Crippen molar-refractivity contribution in [3.05, 3.63) is 17.6 Å². The van der Waals surface area contributed by atoms with Crippen molar-refractivity contribution in [2.75, 3.05) is 18.6 Å². The van der Waals surface area contributed by atoms with Crippen LogP contribution in [0.2, 0.25) is 0 Å². The number of esters is 2. The number of hydrogen-bond acceptors (Lipinski definition) is 8. The lowest BCUT2D eigenvalue weighted by atomic mass is 9.78. The molecule has 2 heterocycles. The molecule has 2 aliphatic rings. The van der Waals surface area contributed by atoms with Gasteiger partial charge in [0, 0.05) is 12.6 Å². The Hall–Kier alpha value is -2.51. The molecule has 0 saturated heterocycles. The van der Waals surface area contributed by atoms with Gasteiger partial charge >= 0.3 is 11.9 Å². The average molecular weight is 375 g/mol. The quantitative estimate of drug-likeness (QED) is 0.585. The number of ketones is 1. The second kappa shape index (κ2) is 6.58. The molecule has 0 radical (unpaired) electrons. The molecule has 0 aromatic carbocycles. The van der Waals surface area contributed by atoms with Crippen molar-refractivity contribution >= 4 is 23.5 Å². The Bertz CT molecular complexity index is 797. The molecule has 0 amide bonds. The number of anilines is 1. The molecule has 1 atom stereocenters. The molecule has 8 nitrogen and oxygen atoms in total. The summed E-state index contributed by atoms with van der Waals surface area (Å²) in [5, 5.41) is 0. The van der Waals surface area contributed by atoms with Crippen molar-refractivity contribution in [3.8, 4) is 0 Å². The van der Waals surface area contributed by atoms with E-state index in [0.717, 1.165) is 19.3 Å². The minimum absolute atomic E-state index is 0.0180. The SMILES string of the molecule is COC(=O)c1cnc2c(n1)C(=O)C(C)(C(=O)OC(C)(C)C)CN2C1CCC1. The van der Waals surface area contributed by atoms with Crippen LogP contribution >= 0.6 is 0 Å². The van der Waals surface area contributed by atoms with Crippen LogP contribution in [0.1, 0.15) is 67.9 Å². The highest BCUT2D eigenvalue weighted by molar-refractivity contribution is 6.15. The maximum absolute atomic E-state index is 13.2. The second-order valence-corrected chi connectivity index (χ2v) is 8.29. The number of carbonyl (C=O) groups excluding carboxylic acids is 3. The van der Waals surface area contributed by atoms with E-state index in [2.05, 4.69) is 14.7 Å². The van der Waals surface area contributed by atoms with Crippen molar-refractivity contribution in [1.29, 1.82) is 0 Å². The molecule has 0 spiro atoms. The van der Waals surface area contributed by atoms with Gasteiger partial charge in [-0.2, -0.15) is 0 Å². The Morgan fingerprint density at radius 2 is 1.96 bits per heavy atom. The third-order valence-corrected chi connectivity index (χ3v) is 4.99. The summed E-state index contributed by atoms with van der Waals surface area (Å²) >= 11 is 0. The number of hydrogen-bond donors (Lipinski definition) is 0. The van der Waals surface area contributed by atoms with Gasteiger partial charge in [0.1, 0.15) is 11.0 Å². The molecular formula is C19H25N3O5. The molecule has 1 aromatic rings. The molecule has 1 fully saturated rings. The Balaban J connectivity index is 2.06. The highest BCUT2D eigenvalue weighted by Crippen LogP contribution is 2.40. The van der Waals surface area contributed by atoms with Crippen LogP contribution in [0.25, 0.3) is 0 Å². The number of aromatic nitrogens is 2. The normalized spacial score (nSPS) is 22.7. The molecule has 1 saturated carbocycles. The van der Waals surface area contributed by atoms with Gasteiger partial charge in [-0.1, -0.05) is 0 Å². The van der Waals surface area contributed by atoms with E-state index in [9.17, 15) is 14.4 Å². The Morgan fingerprint density at radius 3 is 2.48 bits per heavy atom. The van der Waals surface area contributed by atoms with Crippen molar-refractivity contribution in [3.63, 3.8) is 0 Å². The van der Waals surface area contributed by atoms with Crippen LogP contribution in [0.5, 0.6) is 0 Å². The van der Waals surface area contributed by atoms with Crippen LogP contribution in [0.15, 0.2) is 6.20 Å². The molecule has 146 valence electrons. The molecule has 1 unspecified atom stereocenters. The summed E-state index contributed by atoms with van der Waals surface area (Å²) in [6.45, 7) is 7.03. The summed E-state index contributed by atoms with van der Waals surface area (Å²) in [7, 11) is 1.23. The molecule has 1 aliphatic heterocycles. The maximum atomic E-state index is 13.2. The largest absolute Gasteiger partial charge is 0.464 e. The highest BCUT2D eigenvalue weighted by atomic mass is 16.6. The highest BCUT2D eigenvalue weighted by Gasteiger charge is 2.52. The summed E-state index contributed by atoms with van der Waals surface area (Å²) in [6, 6.07) is 0.192. The van der Waals surface area contributed by atoms with Gasteiger partial charge in [-0.05, 0) is 47.0 Å². The van der Waals surface area contributed by atoms with E-state index in [1.165, 1.54) is 13.3 Å². The number of rotatable bonds is 3. The molecule has 0 N–H and O–H groups in total. The summed E-state index contributed by atoms with van der Waals surface area (Å²) in [5.74, 6) is -1.35. The van der Waals surface area contributed by atoms with Gasteiger partial charge in [-0.15, -0.1) is 0 Å².